The predicted octanol–water partition coefficient (Wildman–Crippen LogP) is 3.34. The third kappa shape index (κ3) is 4.35. The van der Waals surface area contributed by atoms with E-state index in [0.717, 1.165) is 22.4 Å². The third-order valence-electron chi connectivity index (χ3n) is 3.26. The summed E-state index contributed by atoms with van der Waals surface area (Å²) in [5, 5.41) is 7.49. The second kappa shape index (κ2) is 7.13. The van der Waals surface area contributed by atoms with E-state index in [2.05, 4.69) is 45.2 Å². The molecular weight excluding hydrogens is 335 g/mol. The summed E-state index contributed by atoms with van der Waals surface area (Å²) in [4.78, 5) is 4.33. The Bertz CT molecular complexity index is 577. The van der Waals surface area contributed by atoms with E-state index in [-0.39, 0.29) is 11.9 Å². The zero-order valence-corrected chi connectivity index (χ0v) is 14.1. The Balaban J connectivity index is 2.21. The minimum absolute atomic E-state index is 0.00730. The number of aromatic nitrogens is 3. The molecule has 1 aromatic carbocycles. The van der Waals surface area contributed by atoms with Gasteiger partial charge in [-0.05, 0) is 36.7 Å². The molecule has 0 aliphatic carbocycles. The summed E-state index contributed by atoms with van der Waals surface area (Å²) >= 11 is 3.33. The van der Waals surface area contributed by atoms with Crippen molar-refractivity contribution in [3.05, 3.63) is 46.2 Å². The van der Waals surface area contributed by atoms with Gasteiger partial charge in [0.2, 0.25) is 0 Å². The maximum atomic E-state index is 13.6. The molecule has 0 aliphatic heterocycles. The highest BCUT2D eigenvalue weighted by atomic mass is 79.9. The molecule has 0 saturated carbocycles. The summed E-state index contributed by atoms with van der Waals surface area (Å²) in [5.41, 5.74) is 0.892. The molecule has 1 heterocycles. The lowest BCUT2D eigenvalue weighted by Crippen LogP contribution is -2.22. The normalized spacial score (nSPS) is 12.9. The summed E-state index contributed by atoms with van der Waals surface area (Å²) in [6.45, 7) is 5.12. The first-order valence-corrected chi connectivity index (χ1v) is 7.78. The van der Waals surface area contributed by atoms with Gasteiger partial charge in [-0.2, -0.15) is 5.10 Å². The number of rotatable bonds is 6. The van der Waals surface area contributed by atoms with Crippen molar-refractivity contribution in [2.45, 2.75) is 32.9 Å². The summed E-state index contributed by atoms with van der Waals surface area (Å²) in [6, 6.07) is 4.92. The van der Waals surface area contributed by atoms with Crippen LogP contribution in [-0.4, -0.2) is 21.8 Å². The Morgan fingerprint density at radius 1 is 1.33 bits per heavy atom. The van der Waals surface area contributed by atoms with Crippen molar-refractivity contribution in [3.63, 3.8) is 0 Å². The second-order valence-corrected chi connectivity index (χ2v) is 6.42. The van der Waals surface area contributed by atoms with Crippen molar-refractivity contribution in [2.75, 3.05) is 7.05 Å². The SMILES string of the molecule is CNC(Cc1ncnn1CC(C)C)c1cc(F)cc(Br)c1. The standard InChI is InChI=1S/C15H20BrFN4/c1-10(2)8-21-15(19-9-20-21)7-14(18-3)11-4-12(16)6-13(17)5-11/h4-6,9-10,14,18H,7-8H2,1-3H3. The maximum Gasteiger partial charge on any atom is 0.138 e. The van der Waals surface area contributed by atoms with Gasteiger partial charge in [-0.1, -0.05) is 29.8 Å². The van der Waals surface area contributed by atoms with Crippen molar-refractivity contribution in [1.82, 2.24) is 20.1 Å². The molecule has 21 heavy (non-hydrogen) atoms. The number of likely N-dealkylation sites (N-methyl/N-ethyl adjacent to an activating group) is 1. The molecule has 0 fully saturated rings. The molecule has 2 aromatic rings. The van der Waals surface area contributed by atoms with Crippen LogP contribution in [-0.2, 0) is 13.0 Å². The number of halogens is 2. The Hall–Kier alpha value is -1.27. The predicted molar refractivity (Wildman–Crippen MR) is 84.5 cm³/mol. The van der Waals surface area contributed by atoms with Crippen LogP contribution in [0.1, 0.15) is 31.3 Å². The van der Waals surface area contributed by atoms with E-state index in [1.807, 2.05) is 17.8 Å². The van der Waals surface area contributed by atoms with Gasteiger partial charge >= 0.3 is 0 Å². The average molecular weight is 355 g/mol. The van der Waals surface area contributed by atoms with Crippen molar-refractivity contribution in [2.24, 2.45) is 5.92 Å². The highest BCUT2D eigenvalue weighted by molar-refractivity contribution is 9.10. The van der Waals surface area contributed by atoms with Gasteiger partial charge in [0, 0.05) is 23.5 Å². The fourth-order valence-electron chi connectivity index (χ4n) is 2.29. The first-order chi connectivity index (χ1) is 9.99. The molecule has 4 nitrogen and oxygen atoms in total. The van der Waals surface area contributed by atoms with Gasteiger partial charge in [0.25, 0.3) is 0 Å². The molecule has 114 valence electrons. The zero-order valence-electron chi connectivity index (χ0n) is 12.5. The van der Waals surface area contributed by atoms with Crippen LogP contribution in [0, 0.1) is 11.7 Å². The van der Waals surface area contributed by atoms with Gasteiger partial charge in [0.15, 0.2) is 0 Å². The van der Waals surface area contributed by atoms with Crippen LogP contribution in [0.4, 0.5) is 4.39 Å². The quantitative estimate of drug-likeness (QED) is 0.864. The molecule has 1 atom stereocenters. The van der Waals surface area contributed by atoms with Gasteiger partial charge < -0.3 is 5.32 Å². The Kier molecular flexibility index (Phi) is 5.47. The average Bonchev–Trinajstić information content (AvgIpc) is 2.81. The van der Waals surface area contributed by atoms with Crippen LogP contribution in [0.3, 0.4) is 0 Å². The fraction of sp³-hybridized carbons (Fsp3) is 0.467. The molecule has 1 unspecified atom stereocenters. The second-order valence-electron chi connectivity index (χ2n) is 5.50. The number of nitrogens with one attached hydrogen (secondary N) is 1. The number of hydrogen-bond donors (Lipinski definition) is 1. The van der Waals surface area contributed by atoms with E-state index in [1.54, 1.807) is 12.4 Å². The van der Waals surface area contributed by atoms with Crippen LogP contribution in [0.2, 0.25) is 0 Å². The smallest absolute Gasteiger partial charge is 0.138 e. The summed E-state index contributed by atoms with van der Waals surface area (Å²) < 4.78 is 16.2. The van der Waals surface area contributed by atoms with E-state index < -0.39 is 0 Å². The molecule has 0 saturated heterocycles. The van der Waals surface area contributed by atoms with Crippen LogP contribution >= 0.6 is 15.9 Å². The Labute approximate surface area is 132 Å². The van der Waals surface area contributed by atoms with Crippen molar-refractivity contribution >= 4 is 15.9 Å². The number of nitrogens with zero attached hydrogens (tertiary/aromatic N) is 3. The van der Waals surface area contributed by atoms with E-state index in [0.29, 0.717) is 12.3 Å². The molecule has 1 aromatic heterocycles. The topological polar surface area (TPSA) is 42.7 Å². The number of hydrogen-bond acceptors (Lipinski definition) is 3. The molecule has 0 amide bonds. The van der Waals surface area contributed by atoms with Gasteiger partial charge in [-0.15, -0.1) is 0 Å². The molecule has 0 aliphatic rings. The molecule has 0 radical (unpaired) electrons. The molecule has 0 bridgehead atoms. The van der Waals surface area contributed by atoms with Crippen LogP contribution in [0.25, 0.3) is 0 Å². The van der Waals surface area contributed by atoms with Gasteiger partial charge in [0.1, 0.15) is 18.0 Å². The Morgan fingerprint density at radius 2 is 2.10 bits per heavy atom. The fourth-order valence-corrected chi connectivity index (χ4v) is 2.77. The zero-order chi connectivity index (χ0) is 15.4. The van der Waals surface area contributed by atoms with Gasteiger partial charge in [0.05, 0.1) is 0 Å². The Morgan fingerprint density at radius 3 is 2.71 bits per heavy atom. The van der Waals surface area contributed by atoms with Crippen molar-refractivity contribution in [1.29, 1.82) is 0 Å². The summed E-state index contributed by atoms with van der Waals surface area (Å²) in [7, 11) is 1.87. The van der Waals surface area contributed by atoms with Crippen molar-refractivity contribution < 1.29 is 4.39 Å². The lowest BCUT2D eigenvalue weighted by molar-refractivity contribution is 0.451. The first kappa shape index (κ1) is 16.1. The monoisotopic (exact) mass is 354 g/mol. The largest absolute Gasteiger partial charge is 0.313 e. The van der Waals surface area contributed by atoms with Gasteiger partial charge in [-0.3, -0.25) is 0 Å². The van der Waals surface area contributed by atoms with E-state index >= 15 is 0 Å². The number of benzene rings is 1. The van der Waals surface area contributed by atoms with Crippen LogP contribution in [0.15, 0.2) is 29.0 Å². The highest BCUT2D eigenvalue weighted by Gasteiger charge is 2.16. The first-order valence-electron chi connectivity index (χ1n) is 6.99. The molecular formula is C15H20BrFN4. The molecule has 2 rings (SSSR count). The minimum Gasteiger partial charge on any atom is -0.313 e. The van der Waals surface area contributed by atoms with E-state index in [1.165, 1.54) is 6.07 Å². The van der Waals surface area contributed by atoms with Crippen LogP contribution in [0.5, 0.6) is 0 Å². The summed E-state index contributed by atoms with van der Waals surface area (Å²) in [5.74, 6) is 1.16. The van der Waals surface area contributed by atoms with E-state index in [4.69, 9.17) is 0 Å². The van der Waals surface area contributed by atoms with Crippen molar-refractivity contribution in [3.8, 4) is 0 Å². The van der Waals surface area contributed by atoms with E-state index in [9.17, 15) is 4.39 Å². The molecule has 1 N–H and O–H groups in total. The molecule has 0 spiro atoms. The lowest BCUT2D eigenvalue weighted by Gasteiger charge is -2.17. The summed E-state index contributed by atoms with van der Waals surface area (Å²) in [6.07, 6.45) is 2.24. The lowest BCUT2D eigenvalue weighted by atomic mass is 10.0. The van der Waals surface area contributed by atoms with Crippen LogP contribution < -0.4 is 5.32 Å². The van der Waals surface area contributed by atoms with Gasteiger partial charge in [-0.25, -0.2) is 14.1 Å². The molecule has 6 heteroatoms. The minimum atomic E-state index is -0.247. The maximum absolute atomic E-state index is 13.6. The highest BCUT2D eigenvalue weighted by Crippen LogP contribution is 2.22. The third-order valence-corrected chi connectivity index (χ3v) is 3.71.